The van der Waals surface area contributed by atoms with Crippen LogP contribution in [0.4, 0.5) is 13.2 Å². The zero-order chi connectivity index (χ0) is 13.2. The van der Waals surface area contributed by atoms with Crippen molar-refractivity contribution >= 4 is 16.1 Å². The van der Waals surface area contributed by atoms with Crippen LogP contribution in [0.3, 0.4) is 0 Å². The third-order valence-corrected chi connectivity index (χ3v) is 2.51. The molecule has 0 atom stereocenters. The average Bonchev–Trinajstić information content (AvgIpc) is 2.12. The molecule has 0 aromatic heterocycles. The smallest absolute Gasteiger partial charge is 0.373 e. The molecule has 0 heterocycles. The second-order valence-corrected chi connectivity index (χ2v) is 5.06. The number of carbonyl (C=O) groups excluding carboxylic acids is 1. The summed E-state index contributed by atoms with van der Waals surface area (Å²) in [5.41, 5.74) is -7.14. The number of alkyl halides is 3. The Hall–Kier alpha value is -0.870. The van der Waals surface area contributed by atoms with Crippen molar-refractivity contribution in [1.82, 2.24) is 0 Å². The second kappa shape index (κ2) is 4.55. The van der Waals surface area contributed by atoms with E-state index < -0.39 is 33.6 Å². The molecule has 0 aromatic rings. The summed E-state index contributed by atoms with van der Waals surface area (Å²) in [6.07, 6.45) is 0. The van der Waals surface area contributed by atoms with Crippen LogP contribution in [-0.4, -0.2) is 26.5 Å². The lowest BCUT2D eigenvalue weighted by molar-refractivity contribution is -0.156. The van der Waals surface area contributed by atoms with Crippen molar-refractivity contribution in [3.05, 3.63) is 0 Å². The van der Waals surface area contributed by atoms with Gasteiger partial charge in [-0.1, -0.05) is 0 Å². The van der Waals surface area contributed by atoms with E-state index in [1.807, 2.05) is 0 Å². The van der Waals surface area contributed by atoms with Crippen molar-refractivity contribution in [3.63, 3.8) is 0 Å². The van der Waals surface area contributed by atoms with Gasteiger partial charge < -0.3 is 4.84 Å². The first-order chi connectivity index (χ1) is 6.94. The molecule has 0 bridgehead atoms. The molecule has 0 saturated heterocycles. The summed E-state index contributed by atoms with van der Waals surface area (Å²) in [7, 11) is -5.72. The zero-order valence-electron chi connectivity index (χ0n) is 8.37. The summed E-state index contributed by atoms with van der Waals surface area (Å²) >= 11 is 0. The Bertz CT molecular complexity index is 361. The molecule has 16 heavy (non-hydrogen) atoms. The predicted octanol–water partition coefficient (Wildman–Crippen LogP) is 0.296. The molecule has 6 nitrogen and oxygen atoms in total. The summed E-state index contributed by atoms with van der Waals surface area (Å²) in [6.45, 7) is 1.22. The van der Waals surface area contributed by atoms with Gasteiger partial charge in [0.1, 0.15) is 0 Å². The molecule has 0 radical (unpaired) electrons. The molecule has 0 fully saturated rings. The molecule has 0 aromatic carbocycles. The Kier molecular flexibility index (Phi) is 4.31. The number of carbonyl (C=O) groups is 1. The van der Waals surface area contributed by atoms with Crippen molar-refractivity contribution in [2.45, 2.75) is 19.4 Å². The number of hydrogen-bond donors (Lipinski definition) is 1. The van der Waals surface area contributed by atoms with Crippen LogP contribution in [0, 0.1) is 5.41 Å². The molecule has 0 saturated carbocycles. The SMILES string of the molecule is CC(C)(COS(=O)(=O)C(F)(F)F)C(=O)ON. The highest BCUT2D eigenvalue weighted by atomic mass is 32.2. The first-order valence-electron chi connectivity index (χ1n) is 3.81. The van der Waals surface area contributed by atoms with Crippen LogP contribution in [0.1, 0.15) is 13.8 Å². The highest BCUT2D eigenvalue weighted by Gasteiger charge is 2.48. The highest BCUT2D eigenvalue weighted by molar-refractivity contribution is 7.87. The maximum Gasteiger partial charge on any atom is 0.523 e. The predicted molar refractivity (Wildman–Crippen MR) is 45.0 cm³/mol. The molecule has 0 spiro atoms. The maximum absolute atomic E-state index is 11.8. The first kappa shape index (κ1) is 15.1. The van der Waals surface area contributed by atoms with Gasteiger partial charge >= 0.3 is 21.6 Å². The summed E-state index contributed by atoms with van der Waals surface area (Å²) in [5.74, 6) is 3.41. The molecule has 0 aliphatic rings. The van der Waals surface area contributed by atoms with Gasteiger partial charge in [0.25, 0.3) is 0 Å². The fraction of sp³-hybridized carbons (Fsp3) is 0.833. The zero-order valence-corrected chi connectivity index (χ0v) is 9.18. The third kappa shape index (κ3) is 3.61. The van der Waals surface area contributed by atoms with Crippen LogP contribution in [-0.2, 0) is 23.9 Å². The van der Waals surface area contributed by atoms with E-state index in [1.165, 1.54) is 0 Å². The monoisotopic (exact) mass is 265 g/mol. The van der Waals surface area contributed by atoms with E-state index in [-0.39, 0.29) is 0 Å². The Morgan fingerprint density at radius 3 is 2.06 bits per heavy atom. The van der Waals surface area contributed by atoms with Gasteiger partial charge in [-0.25, -0.2) is 4.79 Å². The van der Waals surface area contributed by atoms with E-state index >= 15 is 0 Å². The van der Waals surface area contributed by atoms with Crippen LogP contribution in [0.2, 0.25) is 0 Å². The van der Waals surface area contributed by atoms with Crippen molar-refractivity contribution in [2.75, 3.05) is 6.61 Å². The minimum Gasteiger partial charge on any atom is -0.373 e. The highest BCUT2D eigenvalue weighted by Crippen LogP contribution is 2.27. The Balaban J connectivity index is 4.65. The van der Waals surface area contributed by atoms with Gasteiger partial charge in [0, 0.05) is 0 Å². The normalized spacial score (nSPS) is 13.6. The van der Waals surface area contributed by atoms with Crippen molar-refractivity contribution in [3.8, 4) is 0 Å². The quantitative estimate of drug-likeness (QED) is 0.446. The van der Waals surface area contributed by atoms with Gasteiger partial charge in [-0.3, -0.25) is 4.18 Å². The number of halogens is 3. The Labute approximate surface area is 89.6 Å². The van der Waals surface area contributed by atoms with E-state index in [1.54, 1.807) is 0 Å². The van der Waals surface area contributed by atoms with Crippen LogP contribution in [0.25, 0.3) is 0 Å². The van der Waals surface area contributed by atoms with Gasteiger partial charge in [0.15, 0.2) is 0 Å². The van der Waals surface area contributed by atoms with Crippen LogP contribution in [0.15, 0.2) is 0 Å². The molecule has 0 amide bonds. The van der Waals surface area contributed by atoms with Gasteiger partial charge in [0.2, 0.25) is 0 Å². The fourth-order valence-electron chi connectivity index (χ4n) is 0.510. The molecule has 2 N–H and O–H groups in total. The molecule has 0 unspecified atom stereocenters. The molecule has 0 aliphatic heterocycles. The summed E-state index contributed by atoms with van der Waals surface area (Å²) in [5, 5.41) is 0. The minimum absolute atomic E-state index is 1.02. The Morgan fingerprint density at radius 1 is 1.31 bits per heavy atom. The molecule has 0 aliphatic carbocycles. The van der Waals surface area contributed by atoms with Gasteiger partial charge in [-0.15, -0.1) is 0 Å². The molecule has 0 rings (SSSR count). The van der Waals surface area contributed by atoms with E-state index in [4.69, 9.17) is 0 Å². The molecule has 96 valence electrons. The summed E-state index contributed by atoms with van der Waals surface area (Å²) in [6, 6.07) is 0. The molecular weight excluding hydrogens is 255 g/mol. The van der Waals surface area contributed by atoms with Gasteiger partial charge in [-0.05, 0) is 13.8 Å². The number of hydrogen-bond acceptors (Lipinski definition) is 6. The largest absolute Gasteiger partial charge is 0.523 e. The number of rotatable bonds is 4. The average molecular weight is 265 g/mol. The first-order valence-corrected chi connectivity index (χ1v) is 5.22. The lowest BCUT2D eigenvalue weighted by atomic mass is 9.96. The minimum atomic E-state index is -5.72. The summed E-state index contributed by atoms with van der Waals surface area (Å²) < 4.78 is 60.1. The molecule has 10 heteroatoms. The van der Waals surface area contributed by atoms with Crippen LogP contribution in [0.5, 0.6) is 0 Å². The lowest BCUT2D eigenvalue weighted by Crippen LogP contribution is -2.36. The van der Waals surface area contributed by atoms with E-state index in [0.29, 0.717) is 0 Å². The summed E-state index contributed by atoms with van der Waals surface area (Å²) in [4.78, 5) is 14.7. The van der Waals surface area contributed by atoms with Crippen molar-refractivity contribution in [2.24, 2.45) is 11.3 Å². The third-order valence-electron chi connectivity index (χ3n) is 1.52. The van der Waals surface area contributed by atoms with Crippen LogP contribution < -0.4 is 5.90 Å². The van der Waals surface area contributed by atoms with E-state index in [0.717, 1.165) is 13.8 Å². The standard InChI is InChI=1S/C6H10F3NO5S/c1-5(2,4(11)15-10)3-14-16(12,13)6(7,8)9/h3,10H2,1-2H3. The molecular formula is C6H10F3NO5S. The van der Waals surface area contributed by atoms with Gasteiger partial charge in [-0.2, -0.15) is 27.5 Å². The fourth-order valence-corrected chi connectivity index (χ4v) is 1.09. The van der Waals surface area contributed by atoms with E-state index in [9.17, 15) is 26.4 Å². The topological polar surface area (TPSA) is 95.7 Å². The second-order valence-electron chi connectivity index (χ2n) is 3.45. The van der Waals surface area contributed by atoms with Gasteiger partial charge in [0.05, 0.1) is 12.0 Å². The van der Waals surface area contributed by atoms with Crippen molar-refractivity contribution < 1.29 is 35.4 Å². The lowest BCUT2D eigenvalue weighted by Gasteiger charge is -2.20. The maximum atomic E-state index is 11.8. The Morgan fingerprint density at radius 2 is 1.75 bits per heavy atom. The van der Waals surface area contributed by atoms with Crippen LogP contribution >= 0.6 is 0 Å². The van der Waals surface area contributed by atoms with E-state index in [2.05, 4.69) is 14.9 Å². The number of nitrogens with two attached hydrogens (primary N) is 1. The van der Waals surface area contributed by atoms with Crippen molar-refractivity contribution in [1.29, 1.82) is 0 Å².